The van der Waals surface area contributed by atoms with Gasteiger partial charge in [-0.05, 0) is 68.0 Å². The molecule has 0 spiro atoms. The van der Waals surface area contributed by atoms with Crippen LogP contribution in [0.25, 0.3) is 0 Å². The Bertz CT molecular complexity index is 1010. The molecule has 30 heavy (non-hydrogen) atoms. The molecular weight excluding hydrogens is 385 g/mol. The van der Waals surface area contributed by atoms with E-state index >= 15 is 0 Å². The zero-order valence-corrected chi connectivity index (χ0v) is 17.0. The highest BCUT2D eigenvalue weighted by atomic mass is 19.1. The van der Waals surface area contributed by atoms with Gasteiger partial charge in [0.2, 0.25) is 0 Å². The summed E-state index contributed by atoms with van der Waals surface area (Å²) >= 11 is 0. The Balaban J connectivity index is 1.36. The average molecular weight is 409 g/mol. The molecule has 1 aromatic heterocycles. The molecule has 6 nitrogen and oxygen atoms in total. The molecule has 7 heteroatoms. The molecular formula is C23H24FN3O3. The maximum atomic E-state index is 13.1. The van der Waals surface area contributed by atoms with Crippen LogP contribution < -0.4 is 10.2 Å². The molecule has 2 aromatic rings. The van der Waals surface area contributed by atoms with Crippen LogP contribution in [0, 0.1) is 17.7 Å². The van der Waals surface area contributed by atoms with Crippen LogP contribution in [0.4, 0.5) is 14.9 Å². The molecule has 2 heterocycles. The lowest BCUT2D eigenvalue weighted by atomic mass is 10.1. The maximum absolute atomic E-state index is 13.1. The van der Waals surface area contributed by atoms with Gasteiger partial charge in [-0.2, -0.15) is 0 Å². The third-order valence-electron chi connectivity index (χ3n) is 6.40. The highest BCUT2D eigenvalue weighted by Gasteiger charge is 2.55. The number of pyridine rings is 1. The number of nitrogens with zero attached hydrogens (tertiary/aromatic N) is 2. The molecule has 0 bridgehead atoms. The Morgan fingerprint density at radius 2 is 1.93 bits per heavy atom. The van der Waals surface area contributed by atoms with E-state index in [1.165, 1.54) is 24.3 Å². The molecule has 4 atom stereocenters. The van der Waals surface area contributed by atoms with Crippen LogP contribution in [0.2, 0.25) is 0 Å². The number of carbonyl (C=O) groups is 2. The van der Waals surface area contributed by atoms with Gasteiger partial charge in [-0.3, -0.25) is 14.7 Å². The van der Waals surface area contributed by atoms with Gasteiger partial charge in [0.25, 0.3) is 5.91 Å². The van der Waals surface area contributed by atoms with E-state index in [0.717, 1.165) is 29.9 Å². The summed E-state index contributed by atoms with van der Waals surface area (Å²) in [5.74, 6) is 0.540. The number of nitrogens with one attached hydrogen (secondary N) is 1. The Morgan fingerprint density at radius 1 is 1.20 bits per heavy atom. The lowest BCUT2D eigenvalue weighted by Gasteiger charge is -2.28. The molecule has 2 saturated carbocycles. The predicted octanol–water partition coefficient (Wildman–Crippen LogP) is 4.18. The van der Waals surface area contributed by atoms with Gasteiger partial charge in [0.1, 0.15) is 11.9 Å². The second kappa shape index (κ2) is 7.07. The quantitative estimate of drug-likeness (QED) is 0.822. The number of rotatable bonds is 4. The van der Waals surface area contributed by atoms with Crippen LogP contribution in [0.5, 0.6) is 0 Å². The van der Waals surface area contributed by atoms with Gasteiger partial charge in [0.05, 0.1) is 23.1 Å². The molecule has 1 N–H and O–H groups in total. The fraction of sp³-hybridized carbons (Fsp3) is 0.435. The van der Waals surface area contributed by atoms with Gasteiger partial charge < -0.3 is 10.1 Å². The highest BCUT2D eigenvalue weighted by Crippen LogP contribution is 2.58. The molecule has 2 aliphatic carbocycles. The summed E-state index contributed by atoms with van der Waals surface area (Å²) in [5.41, 5.74) is 2.85. The van der Waals surface area contributed by atoms with E-state index in [9.17, 15) is 14.0 Å². The summed E-state index contributed by atoms with van der Waals surface area (Å²) in [7, 11) is 0. The maximum Gasteiger partial charge on any atom is 0.414 e. The molecule has 1 aliphatic heterocycles. The van der Waals surface area contributed by atoms with Crippen molar-refractivity contribution in [1.82, 2.24) is 10.3 Å². The fourth-order valence-corrected chi connectivity index (χ4v) is 4.30. The number of halogens is 1. The molecule has 2 amide bonds. The van der Waals surface area contributed by atoms with Crippen molar-refractivity contribution in [2.45, 2.75) is 44.8 Å². The number of benzene rings is 1. The van der Waals surface area contributed by atoms with Crippen molar-refractivity contribution < 1.29 is 18.7 Å². The monoisotopic (exact) mass is 409 g/mol. The normalized spacial score (nSPS) is 25.0. The first-order valence-corrected chi connectivity index (χ1v) is 10.5. The smallest absolute Gasteiger partial charge is 0.414 e. The Labute approximate surface area is 174 Å². The number of carbonyl (C=O) groups excluding carboxylic acids is 2. The first-order chi connectivity index (χ1) is 14.4. The zero-order valence-electron chi connectivity index (χ0n) is 17.0. The number of hydrogen-bond donors (Lipinski definition) is 1. The molecule has 2 fully saturated rings. The number of amides is 2. The Kier molecular flexibility index (Phi) is 4.49. The standard InChI is InChI=1S/C23H24FN3O3/c1-12-17-11-27(23(29)30-16-7-8-16)19-10-9-18(26-21(19)20(12)17)13(2)25-22(28)14-3-5-15(24)6-4-14/h3-6,9-10,12-13,16-17,20H,7-8,11H2,1-2H3,(H,25,28)/t12?,13-,17?,20?/m1/s1. The van der Waals surface area contributed by atoms with E-state index in [0.29, 0.717) is 29.9 Å². The van der Waals surface area contributed by atoms with E-state index in [-0.39, 0.29) is 30.0 Å². The van der Waals surface area contributed by atoms with Gasteiger partial charge in [-0.1, -0.05) is 6.92 Å². The third kappa shape index (κ3) is 3.42. The first kappa shape index (κ1) is 19.0. The summed E-state index contributed by atoms with van der Waals surface area (Å²) in [4.78, 5) is 31.7. The number of aromatic nitrogens is 1. The molecule has 3 unspecified atom stereocenters. The van der Waals surface area contributed by atoms with Crippen LogP contribution in [0.1, 0.15) is 60.4 Å². The highest BCUT2D eigenvalue weighted by molar-refractivity contribution is 5.94. The lowest BCUT2D eigenvalue weighted by Crippen LogP contribution is -2.37. The Hall–Kier alpha value is -2.96. The van der Waals surface area contributed by atoms with Crippen molar-refractivity contribution >= 4 is 17.7 Å². The van der Waals surface area contributed by atoms with E-state index in [1.807, 2.05) is 19.1 Å². The van der Waals surface area contributed by atoms with Crippen LogP contribution in [-0.2, 0) is 4.74 Å². The molecule has 1 aromatic carbocycles. The Morgan fingerprint density at radius 3 is 2.63 bits per heavy atom. The van der Waals surface area contributed by atoms with Crippen LogP contribution in [0.15, 0.2) is 36.4 Å². The minimum absolute atomic E-state index is 0.0595. The van der Waals surface area contributed by atoms with Gasteiger partial charge in [0.15, 0.2) is 0 Å². The molecule has 5 rings (SSSR count). The summed E-state index contributed by atoms with van der Waals surface area (Å²) in [6, 6.07) is 8.87. The van der Waals surface area contributed by atoms with Crippen LogP contribution in [0.3, 0.4) is 0 Å². The third-order valence-corrected chi connectivity index (χ3v) is 6.40. The number of hydrogen-bond acceptors (Lipinski definition) is 4. The minimum Gasteiger partial charge on any atom is -0.446 e. The van der Waals surface area contributed by atoms with Gasteiger partial charge in [-0.15, -0.1) is 0 Å². The second-order valence-electron chi connectivity index (χ2n) is 8.59. The van der Waals surface area contributed by atoms with Crippen molar-refractivity contribution in [2.24, 2.45) is 11.8 Å². The molecule has 3 aliphatic rings. The van der Waals surface area contributed by atoms with Gasteiger partial charge >= 0.3 is 6.09 Å². The van der Waals surface area contributed by atoms with Crippen molar-refractivity contribution in [2.75, 3.05) is 11.4 Å². The number of anilines is 1. The SMILES string of the molecule is CC1C2CN(C(=O)OC3CC3)c3ccc([C@@H](C)NC(=O)c4ccc(F)cc4)nc3C12. The summed E-state index contributed by atoms with van der Waals surface area (Å²) < 4.78 is 18.6. The minimum atomic E-state index is -0.381. The molecule has 0 saturated heterocycles. The van der Waals surface area contributed by atoms with Crippen molar-refractivity contribution in [3.05, 3.63) is 59.2 Å². The average Bonchev–Trinajstić information content (AvgIpc) is 3.66. The summed E-state index contributed by atoms with van der Waals surface area (Å²) in [5, 5.41) is 2.92. The second-order valence-corrected chi connectivity index (χ2v) is 8.59. The topological polar surface area (TPSA) is 71.5 Å². The van der Waals surface area contributed by atoms with Crippen molar-refractivity contribution in [3.63, 3.8) is 0 Å². The van der Waals surface area contributed by atoms with Crippen LogP contribution >= 0.6 is 0 Å². The van der Waals surface area contributed by atoms with Crippen LogP contribution in [-0.4, -0.2) is 29.6 Å². The van der Waals surface area contributed by atoms with E-state index < -0.39 is 0 Å². The zero-order chi connectivity index (χ0) is 21.0. The number of ether oxygens (including phenoxy) is 1. The summed E-state index contributed by atoms with van der Waals surface area (Å²) in [6.45, 7) is 4.72. The predicted molar refractivity (Wildman–Crippen MR) is 109 cm³/mol. The van der Waals surface area contributed by atoms with Gasteiger partial charge in [0, 0.05) is 18.0 Å². The van der Waals surface area contributed by atoms with Crippen molar-refractivity contribution in [3.8, 4) is 0 Å². The number of fused-ring (bicyclic) bond motifs is 3. The fourth-order valence-electron chi connectivity index (χ4n) is 4.30. The molecule has 0 radical (unpaired) electrons. The van der Waals surface area contributed by atoms with Crippen molar-refractivity contribution in [1.29, 1.82) is 0 Å². The van der Waals surface area contributed by atoms with E-state index in [1.54, 1.807) is 4.90 Å². The lowest BCUT2D eigenvalue weighted by molar-refractivity contribution is 0.0939. The first-order valence-electron chi connectivity index (χ1n) is 10.5. The summed E-state index contributed by atoms with van der Waals surface area (Å²) in [6.07, 6.45) is 1.65. The van der Waals surface area contributed by atoms with E-state index in [2.05, 4.69) is 12.2 Å². The largest absolute Gasteiger partial charge is 0.446 e. The van der Waals surface area contributed by atoms with Gasteiger partial charge in [-0.25, -0.2) is 9.18 Å². The molecule has 156 valence electrons. The van der Waals surface area contributed by atoms with E-state index in [4.69, 9.17) is 9.72 Å².